The zero-order chi connectivity index (χ0) is 14.6. The van der Waals surface area contributed by atoms with Crippen LogP contribution in [-0.4, -0.2) is 37.2 Å². The first kappa shape index (κ1) is 16.1. The largest absolute Gasteiger partial charge is 0.478 e. The molecular formula is C11H17NO5S2. The van der Waals surface area contributed by atoms with Gasteiger partial charge in [0.25, 0.3) is 0 Å². The van der Waals surface area contributed by atoms with Gasteiger partial charge in [-0.25, -0.2) is 17.9 Å². The number of carbonyl (C=O) groups is 1. The number of carboxylic acids is 1. The normalized spacial score (nSPS) is 13.7. The fraction of sp³-hybridized carbons (Fsp3) is 0.545. The van der Waals surface area contributed by atoms with Crippen LogP contribution in [0.1, 0.15) is 30.6 Å². The number of aliphatic hydroxyl groups is 1. The van der Waals surface area contributed by atoms with Gasteiger partial charge in [0.15, 0.2) is 0 Å². The summed E-state index contributed by atoms with van der Waals surface area (Å²) in [6, 6.07) is 0.541. The maximum Gasteiger partial charge on any atom is 0.336 e. The molecule has 0 aliphatic rings. The molecule has 0 spiro atoms. The molecule has 1 aromatic heterocycles. The molecule has 0 aliphatic heterocycles. The smallest absolute Gasteiger partial charge is 0.336 e. The number of hydrogen-bond donors (Lipinski definition) is 3. The first-order chi connectivity index (χ1) is 8.76. The Labute approximate surface area is 116 Å². The SMILES string of the molecule is CC(C)CC(CO)NS(=O)(=O)c1cc(C(=O)O)cs1. The number of thiophene rings is 1. The standard InChI is InChI=1S/C11H17NO5S2/c1-7(2)3-9(5-13)12-19(16,17)10-4-8(6-18-10)11(14)15/h4,6-7,9,12-13H,3,5H2,1-2H3,(H,14,15). The maximum atomic E-state index is 12.0. The fourth-order valence-electron chi connectivity index (χ4n) is 1.58. The molecular weight excluding hydrogens is 290 g/mol. The average Bonchev–Trinajstić information content (AvgIpc) is 2.77. The molecule has 8 heteroatoms. The first-order valence-electron chi connectivity index (χ1n) is 5.71. The Morgan fingerprint density at radius 1 is 1.47 bits per heavy atom. The van der Waals surface area contributed by atoms with Gasteiger partial charge in [0.05, 0.1) is 12.2 Å². The third kappa shape index (κ3) is 4.57. The lowest BCUT2D eigenvalue weighted by molar-refractivity contribution is 0.0697. The third-order valence-electron chi connectivity index (χ3n) is 2.39. The van der Waals surface area contributed by atoms with Crippen molar-refractivity contribution in [2.45, 2.75) is 30.5 Å². The Kier molecular flexibility index (Phi) is 5.48. The van der Waals surface area contributed by atoms with Crippen molar-refractivity contribution in [3.63, 3.8) is 0 Å². The van der Waals surface area contributed by atoms with Crippen molar-refractivity contribution in [1.29, 1.82) is 0 Å². The average molecular weight is 307 g/mol. The molecule has 0 amide bonds. The molecule has 1 aromatic rings. The van der Waals surface area contributed by atoms with Crippen LogP contribution >= 0.6 is 11.3 Å². The van der Waals surface area contributed by atoms with Crippen LogP contribution in [0.25, 0.3) is 0 Å². The van der Waals surface area contributed by atoms with Crippen molar-refractivity contribution in [2.24, 2.45) is 5.92 Å². The van der Waals surface area contributed by atoms with Crippen molar-refractivity contribution < 1.29 is 23.4 Å². The van der Waals surface area contributed by atoms with E-state index >= 15 is 0 Å². The maximum absolute atomic E-state index is 12.0. The number of sulfonamides is 1. The summed E-state index contributed by atoms with van der Waals surface area (Å²) in [6.07, 6.45) is 0.507. The van der Waals surface area contributed by atoms with Gasteiger partial charge >= 0.3 is 5.97 Å². The van der Waals surface area contributed by atoms with E-state index in [9.17, 15) is 13.2 Å². The van der Waals surface area contributed by atoms with E-state index in [2.05, 4.69) is 4.72 Å². The minimum Gasteiger partial charge on any atom is -0.478 e. The number of carboxylic acid groups (broad SMARTS) is 1. The number of aliphatic hydroxyl groups excluding tert-OH is 1. The van der Waals surface area contributed by atoms with Crippen LogP contribution in [0.15, 0.2) is 15.7 Å². The van der Waals surface area contributed by atoms with Crippen LogP contribution in [-0.2, 0) is 10.0 Å². The van der Waals surface area contributed by atoms with E-state index in [1.54, 1.807) is 0 Å². The van der Waals surface area contributed by atoms with Gasteiger partial charge < -0.3 is 10.2 Å². The minimum absolute atomic E-state index is 0.0604. The molecule has 0 saturated carbocycles. The summed E-state index contributed by atoms with van der Waals surface area (Å²) in [5, 5.41) is 19.2. The van der Waals surface area contributed by atoms with Crippen molar-refractivity contribution in [1.82, 2.24) is 4.72 Å². The summed E-state index contributed by atoms with van der Waals surface area (Å²) in [5.41, 5.74) is -0.0604. The van der Waals surface area contributed by atoms with Gasteiger partial charge in [-0.05, 0) is 18.4 Å². The lowest BCUT2D eigenvalue weighted by atomic mass is 10.1. The van der Waals surface area contributed by atoms with E-state index in [0.717, 1.165) is 17.4 Å². The highest BCUT2D eigenvalue weighted by Crippen LogP contribution is 2.21. The van der Waals surface area contributed by atoms with Gasteiger partial charge in [0.1, 0.15) is 4.21 Å². The second-order valence-corrected chi connectivity index (χ2v) is 7.44. The van der Waals surface area contributed by atoms with Crippen LogP contribution in [0, 0.1) is 5.92 Å². The molecule has 0 saturated heterocycles. The predicted octanol–water partition coefficient (Wildman–Crippen LogP) is 1.13. The highest BCUT2D eigenvalue weighted by Gasteiger charge is 2.23. The topological polar surface area (TPSA) is 104 Å². The molecule has 6 nitrogen and oxygen atoms in total. The van der Waals surface area contributed by atoms with E-state index in [-0.39, 0.29) is 22.3 Å². The number of nitrogens with one attached hydrogen (secondary N) is 1. The second kappa shape index (κ2) is 6.47. The van der Waals surface area contributed by atoms with E-state index < -0.39 is 22.0 Å². The van der Waals surface area contributed by atoms with Gasteiger partial charge in [-0.15, -0.1) is 11.3 Å². The highest BCUT2D eigenvalue weighted by molar-refractivity contribution is 7.91. The van der Waals surface area contributed by atoms with E-state index in [1.807, 2.05) is 13.8 Å². The molecule has 1 heterocycles. The van der Waals surface area contributed by atoms with Crippen LogP contribution < -0.4 is 4.72 Å². The Bertz CT molecular complexity index is 535. The van der Waals surface area contributed by atoms with Gasteiger partial charge in [0.2, 0.25) is 10.0 Å². The lowest BCUT2D eigenvalue weighted by Gasteiger charge is -2.17. The second-order valence-electron chi connectivity index (χ2n) is 4.59. The Hall–Kier alpha value is -0.960. The molecule has 0 bridgehead atoms. The van der Waals surface area contributed by atoms with Crippen LogP contribution in [0.3, 0.4) is 0 Å². The zero-order valence-electron chi connectivity index (χ0n) is 10.7. The predicted molar refractivity (Wildman–Crippen MR) is 71.9 cm³/mol. The Balaban J connectivity index is 2.87. The van der Waals surface area contributed by atoms with Crippen molar-refractivity contribution in [3.8, 4) is 0 Å². The van der Waals surface area contributed by atoms with Crippen molar-refractivity contribution in [3.05, 3.63) is 17.0 Å². The molecule has 1 atom stereocenters. The number of aromatic carboxylic acids is 1. The summed E-state index contributed by atoms with van der Waals surface area (Å²) in [7, 11) is -3.78. The molecule has 1 unspecified atom stereocenters. The monoisotopic (exact) mass is 307 g/mol. The molecule has 19 heavy (non-hydrogen) atoms. The lowest BCUT2D eigenvalue weighted by Crippen LogP contribution is -2.38. The number of rotatable bonds is 7. The van der Waals surface area contributed by atoms with Gasteiger partial charge in [-0.1, -0.05) is 13.8 Å². The quantitative estimate of drug-likeness (QED) is 0.700. The van der Waals surface area contributed by atoms with Crippen LogP contribution in [0.4, 0.5) is 0 Å². The Morgan fingerprint density at radius 3 is 2.53 bits per heavy atom. The van der Waals surface area contributed by atoms with Gasteiger partial charge in [-0.2, -0.15) is 0 Å². The molecule has 108 valence electrons. The van der Waals surface area contributed by atoms with E-state index in [0.29, 0.717) is 6.42 Å². The molecule has 0 radical (unpaired) electrons. The third-order valence-corrected chi connectivity index (χ3v) is 5.35. The highest BCUT2D eigenvalue weighted by atomic mass is 32.2. The molecule has 0 fully saturated rings. The summed E-state index contributed by atoms with van der Waals surface area (Å²) in [5.74, 6) is -0.934. The molecule has 1 rings (SSSR count). The number of hydrogen-bond acceptors (Lipinski definition) is 5. The zero-order valence-corrected chi connectivity index (χ0v) is 12.3. The first-order valence-corrected chi connectivity index (χ1v) is 8.07. The Morgan fingerprint density at radius 2 is 2.11 bits per heavy atom. The molecule has 0 aromatic carbocycles. The van der Waals surface area contributed by atoms with Crippen LogP contribution in [0.5, 0.6) is 0 Å². The summed E-state index contributed by atoms with van der Waals surface area (Å²) >= 11 is 0.843. The molecule has 0 aliphatic carbocycles. The van der Waals surface area contributed by atoms with Crippen LogP contribution in [0.2, 0.25) is 0 Å². The summed E-state index contributed by atoms with van der Waals surface area (Å²) < 4.78 is 26.3. The van der Waals surface area contributed by atoms with Crippen molar-refractivity contribution >= 4 is 27.3 Å². The van der Waals surface area contributed by atoms with Gasteiger partial charge in [-0.3, -0.25) is 0 Å². The van der Waals surface area contributed by atoms with Crippen molar-refractivity contribution in [2.75, 3.05) is 6.61 Å². The molecule has 3 N–H and O–H groups in total. The van der Waals surface area contributed by atoms with E-state index in [1.165, 1.54) is 5.38 Å². The summed E-state index contributed by atoms with van der Waals surface area (Å²) in [6.45, 7) is 3.55. The van der Waals surface area contributed by atoms with E-state index in [4.69, 9.17) is 10.2 Å². The summed E-state index contributed by atoms with van der Waals surface area (Å²) in [4.78, 5) is 10.7. The fourth-order valence-corrected chi connectivity index (χ4v) is 3.99. The van der Waals surface area contributed by atoms with Gasteiger partial charge in [0, 0.05) is 11.4 Å². The minimum atomic E-state index is -3.78.